The van der Waals surface area contributed by atoms with Gasteiger partial charge >= 0.3 is 6.03 Å². The number of hydrogen-bond acceptors (Lipinski definition) is 4. The average Bonchev–Trinajstić information content (AvgIpc) is 2.90. The van der Waals surface area contributed by atoms with Crippen LogP contribution in [0.5, 0.6) is 0 Å². The van der Waals surface area contributed by atoms with Crippen molar-refractivity contribution in [3.05, 3.63) is 64.8 Å². The molecule has 0 aliphatic carbocycles. The number of halogens is 2. The molecular formula is C20H15Cl2N5O. The van der Waals surface area contributed by atoms with Crippen LogP contribution in [-0.2, 0) is 0 Å². The lowest BCUT2D eigenvalue weighted by atomic mass is 10.1. The maximum absolute atomic E-state index is 13.0. The van der Waals surface area contributed by atoms with Crippen LogP contribution in [0, 0.1) is 0 Å². The van der Waals surface area contributed by atoms with Gasteiger partial charge in [0, 0.05) is 24.7 Å². The summed E-state index contributed by atoms with van der Waals surface area (Å²) in [6.07, 6.45) is 2.52. The van der Waals surface area contributed by atoms with E-state index in [1.807, 2.05) is 24.3 Å². The van der Waals surface area contributed by atoms with Gasteiger partial charge in [-0.05, 0) is 36.4 Å². The average molecular weight is 412 g/mol. The zero-order valence-corrected chi connectivity index (χ0v) is 16.2. The van der Waals surface area contributed by atoms with Crippen LogP contribution in [0.1, 0.15) is 6.42 Å². The molecule has 0 bridgehead atoms. The lowest BCUT2D eigenvalue weighted by Crippen LogP contribution is -2.56. The second-order valence-corrected chi connectivity index (χ2v) is 7.46. The van der Waals surface area contributed by atoms with Gasteiger partial charge in [-0.1, -0.05) is 35.3 Å². The van der Waals surface area contributed by atoms with Gasteiger partial charge in [-0.25, -0.2) is 14.8 Å². The summed E-state index contributed by atoms with van der Waals surface area (Å²) < 4.78 is 0. The molecule has 0 radical (unpaired) electrons. The van der Waals surface area contributed by atoms with E-state index in [4.69, 9.17) is 28.2 Å². The number of nitrogens with one attached hydrogen (secondary N) is 1. The Balaban J connectivity index is 1.51. The first-order chi connectivity index (χ1) is 13.6. The summed E-state index contributed by atoms with van der Waals surface area (Å²) in [5.41, 5.74) is 2.53. The van der Waals surface area contributed by atoms with Crippen molar-refractivity contribution in [1.29, 1.82) is 0 Å². The quantitative estimate of drug-likeness (QED) is 0.641. The molecular weight excluding hydrogens is 397 g/mol. The normalized spacial score (nSPS) is 17.0. The summed E-state index contributed by atoms with van der Waals surface area (Å²) in [6, 6.07) is 14.5. The van der Waals surface area contributed by atoms with Crippen LogP contribution in [0.15, 0.2) is 54.7 Å². The predicted octanol–water partition coefficient (Wildman–Crippen LogP) is 5.04. The molecule has 2 aliphatic rings. The minimum atomic E-state index is -0.245. The van der Waals surface area contributed by atoms with E-state index >= 15 is 0 Å². The highest BCUT2D eigenvalue weighted by Gasteiger charge is 2.46. The van der Waals surface area contributed by atoms with E-state index in [-0.39, 0.29) is 12.2 Å². The van der Waals surface area contributed by atoms with Crippen molar-refractivity contribution >= 4 is 46.6 Å². The molecule has 1 fully saturated rings. The Morgan fingerprint density at radius 2 is 2.00 bits per heavy atom. The van der Waals surface area contributed by atoms with Gasteiger partial charge in [0.25, 0.3) is 0 Å². The van der Waals surface area contributed by atoms with Crippen LogP contribution in [-0.4, -0.2) is 28.7 Å². The molecule has 8 heteroatoms. The second kappa shape index (κ2) is 6.65. The molecule has 2 amide bonds. The van der Waals surface area contributed by atoms with E-state index in [2.05, 4.69) is 15.2 Å². The number of carbonyl (C=O) groups is 1. The Morgan fingerprint density at radius 1 is 1.11 bits per heavy atom. The van der Waals surface area contributed by atoms with E-state index < -0.39 is 0 Å². The lowest BCUT2D eigenvalue weighted by Gasteiger charge is -2.39. The van der Waals surface area contributed by atoms with Crippen molar-refractivity contribution in [2.75, 3.05) is 21.7 Å². The van der Waals surface area contributed by atoms with Crippen molar-refractivity contribution < 1.29 is 4.79 Å². The third-order valence-corrected chi connectivity index (χ3v) is 5.75. The van der Waals surface area contributed by atoms with Crippen LogP contribution in [0.2, 0.25) is 10.0 Å². The first kappa shape index (κ1) is 17.3. The summed E-state index contributed by atoms with van der Waals surface area (Å²) in [7, 11) is 0. The molecule has 140 valence electrons. The number of urea groups is 1. The first-order valence-electron chi connectivity index (χ1n) is 8.86. The topological polar surface area (TPSA) is 61.4 Å². The van der Waals surface area contributed by atoms with Gasteiger partial charge < -0.3 is 4.90 Å². The summed E-state index contributed by atoms with van der Waals surface area (Å²) in [6.45, 7) is 0.902. The van der Waals surface area contributed by atoms with E-state index in [9.17, 15) is 4.79 Å². The Kier molecular flexibility index (Phi) is 4.10. The molecule has 1 N–H and O–H groups in total. The minimum absolute atomic E-state index is 0.0183. The molecule has 1 saturated heterocycles. The predicted molar refractivity (Wildman–Crippen MR) is 111 cm³/mol. The SMILES string of the molecule is O=C(Nc1ccccn1)N1c2nc(-c3ccc(Cl)c(Cl)c3)ccc2N2CCC21. The van der Waals surface area contributed by atoms with E-state index in [1.165, 1.54) is 0 Å². The fraction of sp³-hybridized carbons (Fsp3) is 0.150. The molecule has 28 heavy (non-hydrogen) atoms. The Labute approximate surface area is 171 Å². The number of hydrogen-bond donors (Lipinski definition) is 1. The number of benzene rings is 1. The number of anilines is 3. The third kappa shape index (κ3) is 2.77. The third-order valence-electron chi connectivity index (χ3n) is 5.01. The van der Waals surface area contributed by atoms with Crippen molar-refractivity contribution in [2.24, 2.45) is 0 Å². The van der Waals surface area contributed by atoms with Crippen LogP contribution >= 0.6 is 23.2 Å². The van der Waals surface area contributed by atoms with Crippen molar-refractivity contribution in [3.63, 3.8) is 0 Å². The van der Waals surface area contributed by atoms with Gasteiger partial charge in [0.1, 0.15) is 12.0 Å². The number of pyridine rings is 2. The monoisotopic (exact) mass is 411 g/mol. The van der Waals surface area contributed by atoms with Crippen molar-refractivity contribution in [3.8, 4) is 11.3 Å². The van der Waals surface area contributed by atoms with Gasteiger partial charge in [0.2, 0.25) is 0 Å². The van der Waals surface area contributed by atoms with Crippen LogP contribution in [0.3, 0.4) is 0 Å². The van der Waals surface area contributed by atoms with E-state index in [0.29, 0.717) is 21.7 Å². The maximum atomic E-state index is 13.0. The van der Waals surface area contributed by atoms with Gasteiger partial charge in [-0.3, -0.25) is 10.2 Å². The zero-order chi connectivity index (χ0) is 19.3. The number of amides is 2. The number of nitrogens with zero attached hydrogens (tertiary/aromatic N) is 4. The summed E-state index contributed by atoms with van der Waals surface area (Å²) in [5.74, 6) is 1.15. The highest BCUT2D eigenvalue weighted by molar-refractivity contribution is 6.42. The number of carbonyl (C=O) groups excluding carboxylic acids is 1. The number of aromatic nitrogens is 2. The number of fused-ring (bicyclic) bond motifs is 3. The zero-order valence-electron chi connectivity index (χ0n) is 14.6. The Bertz CT molecular complexity index is 1080. The fourth-order valence-corrected chi connectivity index (χ4v) is 3.86. The highest BCUT2D eigenvalue weighted by Crippen LogP contribution is 2.45. The standard InChI is InChI=1S/C20H15Cl2N5O/c21-13-5-4-12(11-14(13)22)15-6-7-16-19(24-15)27(18-8-10-26(16)18)20(28)25-17-3-1-2-9-23-17/h1-7,9,11,18H,8,10H2,(H,23,25,28). The molecule has 2 aliphatic heterocycles. The van der Waals surface area contributed by atoms with Crippen LogP contribution in [0.25, 0.3) is 11.3 Å². The summed E-state index contributed by atoms with van der Waals surface area (Å²) >= 11 is 12.2. The van der Waals surface area contributed by atoms with E-state index in [0.717, 1.165) is 29.9 Å². The highest BCUT2D eigenvalue weighted by atomic mass is 35.5. The Morgan fingerprint density at radius 3 is 2.71 bits per heavy atom. The summed E-state index contributed by atoms with van der Waals surface area (Å²) in [4.78, 5) is 25.8. The Hall–Kier alpha value is -2.83. The molecule has 4 heterocycles. The molecule has 1 aromatic carbocycles. The smallest absolute Gasteiger partial charge is 0.330 e. The maximum Gasteiger partial charge on any atom is 0.330 e. The molecule has 0 saturated carbocycles. The molecule has 6 nitrogen and oxygen atoms in total. The largest absolute Gasteiger partial charge is 0.347 e. The molecule has 5 rings (SSSR count). The lowest BCUT2D eigenvalue weighted by molar-refractivity contribution is 0.252. The van der Waals surface area contributed by atoms with Gasteiger partial charge in [0.05, 0.1) is 21.4 Å². The molecule has 2 aromatic heterocycles. The number of rotatable bonds is 2. The van der Waals surface area contributed by atoms with Crippen LogP contribution < -0.4 is 15.1 Å². The van der Waals surface area contributed by atoms with Crippen LogP contribution in [0.4, 0.5) is 22.1 Å². The van der Waals surface area contributed by atoms with Gasteiger partial charge in [-0.15, -0.1) is 0 Å². The first-order valence-corrected chi connectivity index (χ1v) is 9.62. The van der Waals surface area contributed by atoms with Crippen molar-refractivity contribution in [2.45, 2.75) is 12.6 Å². The van der Waals surface area contributed by atoms with Gasteiger partial charge in [0.15, 0.2) is 5.82 Å². The molecule has 0 spiro atoms. The fourth-order valence-electron chi connectivity index (χ4n) is 3.56. The molecule has 1 unspecified atom stereocenters. The van der Waals surface area contributed by atoms with Crippen molar-refractivity contribution in [1.82, 2.24) is 9.97 Å². The summed E-state index contributed by atoms with van der Waals surface area (Å²) in [5, 5.41) is 3.82. The van der Waals surface area contributed by atoms with Gasteiger partial charge in [-0.2, -0.15) is 0 Å². The molecule has 3 aromatic rings. The molecule has 1 atom stereocenters. The second-order valence-electron chi connectivity index (χ2n) is 6.65. The van der Waals surface area contributed by atoms with E-state index in [1.54, 1.807) is 35.4 Å². The minimum Gasteiger partial charge on any atom is -0.347 e.